The van der Waals surface area contributed by atoms with E-state index in [0.717, 1.165) is 17.5 Å². The summed E-state index contributed by atoms with van der Waals surface area (Å²) in [5, 5.41) is 3.33. The van der Waals surface area contributed by atoms with Crippen molar-refractivity contribution in [2.75, 3.05) is 13.2 Å². The smallest absolute Gasteiger partial charge is 0.244 e. The zero-order valence-electron chi connectivity index (χ0n) is 13.1. The number of carbonyl (C=O) groups excluding carboxylic acids is 1. The van der Waals surface area contributed by atoms with E-state index in [0.29, 0.717) is 36.3 Å². The number of halogens is 1. The minimum atomic E-state index is -0.165. The van der Waals surface area contributed by atoms with Crippen LogP contribution in [0.2, 0.25) is 5.02 Å². The summed E-state index contributed by atoms with van der Waals surface area (Å²) >= 11 is 6.24. The molecule has 0 bridgehead atoms. The van der Waals surface area contributed by atoms with Crippen LogP contribution in [0.5, 0.6) is 11.5 Å². The summed E-state index contributed by atoms with van der Waals surface area (Å²) in [6.07, 6.45) is 4.01. The summed E-state index contributed by atoms with van der Waals surface area (Å²) in [6.45, 7) is 1.67. The number of hydrogen-bond donors (Lipinski definition) is 1. The molecule has 3 rings (SSSR count). The first-order valence-corrected chi connectivity index (χ1v) is 8.19. The van der Waals surface area contributed by atoms with Gasteiger partial charge >= 0.3 is 0 Å². The summed E-state index contributed by atoms with van der Waals surface area (Å²) in [5.41, 5.74) is 1.84. The standard InChI is InChI=1S/C19H18ClNO3/c20-16-11-15(12-17-19(16)24-10-4-9-23-17)7-8-18(22)21-13-14-5-2-1-3-6-14/h1-3,5-8,11-12H,4,9-10,13H2,(H,21,22). The number of fused-ring (bicyclic) bond motifs is 1. The number of amides is 1. The molecule has 0 spiro atoms. The lowest BCUT2D eigenvalue weighted by molar-refractivity contribution is -0.116. The molecule has 5 heteroatoms. The molecule has 0 aromatic heterocycles. The highest BCUT2D eigenvalue weighted by molar-refractivity contribution is 6.32. The Hall–Kier alpha value is -2.46. The van der Waals surface area contributed by atoms with Crippen molar-refractivity contribution in [2.45, 2.75) is 13.0 Å². The van der Waals surface area contributed by atoms with Crippen LogP contribution in [0.3, 0.4) is 0 Å². The van der Waals surface area contributed by atoms with E-state index in [4.69, 9.17) is 21.1 Å². The molecule has 0 saturated heterocycles. The maximum absolute atomic E-state index is 11.9. The third-order valence-electron chi connectivity index (χ3n) is 3.56. The summed E-state index contributed by atoms with van der Waals surface area (Å²) in [7, 11) is 0. The maximum Gasteiger partial charge on any atom is 0.244 e. The SMILES string of the molecule is O=C(C=Cc1cc(Cl)c2c(c1)OCCCO2)NCc1ccccc1. The van der Waals surface area contributed by atoms with Gasteiger partial charge in [0, 0.05) is 19.0 Å². The van der Waals surface area contributed by atoms with Crippen LogP contribution in [0, 0.1) is 0 Å². The van der Waals surface area contributed by atoms with Gasteiger partial charge in [-0.3, -0.25) is 4.79 Å². The second-order valence-electron chi connectivity index (χ2n) is 5.42. The monoisotopic (exact) mass is 343 g/mol. The van der Waals surface area contributed by atoms with Crippen molar-refractivity contribution in [3.63, 3.8) is 0 Å². The largest absolute Gasteiger partial charge is 0.489 e. The second kappa shape index (κ2) is 7.88. The summed E-state index contributed by atoms with van der Waals surface area (Å²) in [4.78, 5) is 11.9. The second-order valence-corrected chi connectivity index (χ2v) is 5.82. The molecule has 1 heterocycles. The molecule has 124 valence electrons. The molecule has 1 aliphatic heterocycles. The average Bonchev–Trinajstić information content (AvgIpc) is 2.85. The molecule has 1 N–H and O–H groups in total. The number of nitrogens with one attached hydrogen (secondary N) is 1. The van der Waals surface area contributed by atoms with E-state index in [1.807, 2.05) is 36.4 Å². The Morgan fingerprint density at radius 3 is 2.79 bits per heavy atom. The molecule has 2 aromatic carbocycles. The number of rotatable bonds is 4. The van der Waals surface area contributed by atoms with E-state index in [9.17, 15) is 4.79 Å². The van der Waals surface area contributed by atoms with E-state index >= 15 is 0 Å². The number of carbonyl (C=O) groups is 1. The third kappa shape index (κ3) is 4.30. The number of hydrogen-bond acceptors (Lipinski definition) is 3. The molecule has 0 atom stereocenters. The molecular formula is C19H18ClNO3. The first kappa shape index (κ1) is 16.4. The number of ether oxygens (including phenoxy) is 2. The minimum absolute atomic E-state index is 0.165. The first-order chi connectivity index (χ1) is 11.7. The zero-order chi connectivity index (χ0) is 16.8. The van der Waals surface area contributed by atoms with Gasteiger partial charge in [0.2, 0.25) is 5.91 Å². The van der Waals surface area contributed by atoms with E-state index < -0.39 is 0 Å². The average molecular weight is 344 g/mol. The van der Waals surface area contributed by atoms with Crippen LogP contribution in [-0.2, 0) is 11.3 Å². The van der Waals surface area contributed by atoms with Crippen LogP contribution in [0.25, 0.3) is 6.08 Å². The Morgan fingerprint density at radius 2 is 1.96 bits per heavy atom. The first-order valence-electron chi connectivity index (χ1n) is 7.81. The van der Waals surface area contributed by atoms with E-state index in [1.54, 1.807) is 12.1 Å². The van der Waals surface area contributed by atoms with Crippen LogP contribution in [0.4, 0.5) is 0 Å². The van der Waals surface area contributed by atoms with E-state index in [2.05, 4.69) is 5.32 Å². The molecular weight excluding hydrogens is 326 g/mol. The fraction of sp³-hybridized carbons (Fsp3) is 0.211. The van der Waals surface area contributed by atoms with Gasteiger partial charge in [0.05, 0.1) is 18.2 Å². The van der Waals surface area contributed by atoms with E-state index in [-0.39, 0.29) is 5.91 Å². The highest BCUT2D eigenvalue weighted by Gasteiger charge is 2.14. The Labute approximate surface area is 146 Å². The van der Waals surface area contributed by atoms with Crippen molar-refractivity contribution < 1.29 is 14.3 Å². The molecule has 2 aromatic rings. The quantitative estimate of drug-likeness (QED) is 0.858. The van der Waals surface area contributed by atoms with Gasteiger partial charge in [-0.2, -0.15) is 0 Å². The zero-order valence-corrected chi connectivity index (χ0v) is 13.9. The van der Waals surface area contributed by atoms with Crippen LogP contribution in [-0.4, -0.2) is 19.1 Å². The van der Waals surface area contributed by atoms with Crippen molar-refractivity contribution in [2.24, 2.45) is 0 Å². The number of benzene rings is 2. The van der Waals surface area contributed by atoms with Crippen LogP contribution in [0.1, 0.15) is 17.5 Å². The Balaban J connectivity index is 1.64. The summed E-state index contributed by atoms with van der Waals surface area (Å²) in [6, 6.07) is 13.3. The third-order valence-corrected chi connectivity index (χ3v) is 3.84. The van der Waals surface area contributed by atoms with Crippen molar-refractivity contribution >= 4 is 23.6 Å². The molecule has 1 amide bonds. The van der Waals surface area contributed by atoms with Crippen molar-refractivity contribution in [1.82, 2.24) is 5.32 Å². The topological polar surface area (TPSA) is 47.6 Å². The minimum Gasteiger partial charge on any atom is -0.489 e. The van der Waals surface area contributed by atoms with Gasteiger partial charge in [-0.1, -0.05) is 41.9 Å². The summed E-state index contributed by atoms with van der Waals surface area (Å²) in [5.74, 6) is 1.02. The van der Waals surface area contributed by atoms with Crippen molar-refractivity contribution in [3.8, 4) is 11.5 Å². The lowest BCUT2D eigenvalue weighted by Gasteiger charge is -2.10. The van der Waals surface area contributed by atoms with E-state index in [1.165, 1.54) is 6.08 Å². The fourth-order valence-electron chi connectivity index (χ4n) is 2.36. The molecule has 0 fully saturated rings. The molecule has 4 nitrogen and oxygen atoms in total. The van der Waals surface area contributed by atoms with Gasteiger partial charge < -0.3 is 14.8 Å². The lowest BCUT2D eigenvalue weighted by atomic mass is 10.2. The van der Waals surface area contributed by atoms with Crippen LogP contribution in [0.15, 0.2) is 48.5 Å². The Morgan fingerprint density at radius 1 is 1.17 bits per heavy atom. The molecule has 0 saturated carbocycles. The van der Waals surface area contributed by atoms with Crippen LogP contribution < -0.4 is 14.8 Å². The van der Waals surface area contributed by atoms with Crippen molar-refractivity contribution in [3.05, 3.63) is 64.7 Å². The molecule has 0 unspecified atom stereocenters. The predicted molar refractivity (Wildman–Crippen MR) is 94.4 cm³/mol. The molecule has 0 radical (unpaired) electrons. The van der Waals surface area contributed by atoms with Gasteiger partial charge in [-0.15, -0.1) is 0 Å². The summed E-state index contributed by atoms with van der Waals surface area (Å²) < 4.78 is 11.2. The van der Waals surface area contributed by atoms with Gasteiger partial charge in [-0.05, 0) is 29.3 Å². The Bertz CT molecular complexity index is 744. The van der Waals surface area contributed by atoms with Gasteiger partial charge in [0.25, 0.3) is 0 Å². The normalized spacial score (nSPS) is 13.5. The molecule has 24 heavy (non-hydrogen) atoms. The highest BCUT2D eigenvalue weighted by Crippen LogP contribution is 2.38. The predicted octanol–water partition coefficient (Wildman–Crippen LogP) is 3.83. The van der Waals surface area contributed by atoms with Crippen LogP contribution >= 0.6 is 11.6 Å². The highest BCUT2D eigenvalue weighted by atomic mass is 35.5. The maximum atomic E-state index is 11.9. The van der Waals surface area contributed by atoms with Gasteiger partial charge in [0.15, 0.2) is 11.5 Å². The Kier molecular flexibility index (Phi) is 5.39. The molecule has 0 aliphatic carbocycles. The van der Waals surface area contributed by atoms with Gasteiger partial charge in [-0.25, -0.2) is 0 Å². The fourth-order valence-corrected chi connectivity index (χ4v) is 2.64. The lowest BCUT2D eigenvalue weighted by Crippen LogP contribution is -2.20. The van der Waals surface area contributed by atoms with Crippen molar-refractivity contribution in [1.29, 1.82) is 0 Å². The van der Waals surface area contributed by atoms with Gasteiger partial charge in [0.1, 0.15) is 0 Å². The molecule has 1 aliphatic rings.